The Labute approximate surface area is 126 Å². The number of aromatic nitrogens is 1. The summed E-state index contributed by atoms with van der Waals surface area (Å²) in [5, 5.41) is 3.07. The normalized spacial score (nSPS) is 17.0. The number of carbonyl (C=O) groups excluding carboxylic acids is 1. The summed E-state index contributed by atoms with van der Waals surface area (Å²) in [5.41, 5.74) is 3.91. The quantitative estimate of drug-likeness (QED) is 0.556. The van der Waals surface area contributed by atoms with Crippen LogP contribution in [-0.2, 0) is 0 Å². The van der Waals surface area contributed by atoms with Crippen LogP contribution in [0.1, 0.15) is 56.4 Å². The molecule has 0 unspecified atom stereocenters. The number of hydrazine groups is 1. The maximum absolute atomic E-state index is 12.2. The molecule has 0 aliphatic heterocycles. The first kappa shape index (κ1) is 15.8. The van der Waals surface area contributed by atoms with E-state index in [4.69, 9.17) is 5.84 Å². The Morgan fingerprint density at radius 2 is 2.10 bits per heavy atom. The van der Waals surface area contributed by atoms with Crippen molar-refractivity contribution in [3.05, 3.63) is 24.0 Å². The molecular weight excluding hydrogens is 264 g/mol. The molecular formula is C16H26N4O. The first-order valence-electron chi connectivity index (χ1n) is 7.75. The molecule has 2 rings (SSSR count). The van der Waals surface area contributed by atoms with E-state index in [-0.39, 0.29) is 11.3 Å². The number of amides is 1. The molecule has 0 atom stereocenters. The van der Waals surface area contributed by atoms with Gasteiger partial charge >= 0.3 is 0 Å². The molecule has 0 bridgehead atoms. The largest absolute Gasteiger partial charge is 0.350 e. The summed E-state index contributed by atoms with van der Waals surface area (Å²) in [4.78, 5) is 16.3. The van der Waals surface area contributed by atoms with E-state index >= 15 is 0 Å². The Bertz CT molecular complexity index is 464. The van der Waals surface area contributed by atoms with Crippen molar-refractivity contribution in [1.29, 1.82) is 0 Å². The fraction of sp³-hybridized carbons (Fsp3) is 0.625. The molecule has 116 valence electrons. The van der Waals surface area contributed by atoms with Gasteiger partial charge in [-0.05, 0) is 42.7 Å². The molecule has 4 N–H and O–H groups in total. The zero-order valence-electron chi connectivity index (χ0n) is 13.0. The topological polar surface area (TPSA) is 80.0 Å². The summed E-state index contributed by atoms with van der Waals surface area (Å²) < 4.78 is 0. The number of hydrogen-bond donors (Lipinski definition) is 3. The number of hydrogen-bond acceptors (Lipinski definition) is 4. The maximum Gasteiger partial charge on any atom is 0.269 e. The van der Waals surface area contributed by atoms with Gasteiger partial charge in [-0.3, -0.25) is 10.6 Å². The monoisotopic (exact) mass is 290 g/mol. The SMILES string of the molecule is CC(C)CC1(CNC(=O)c2ccc(NN)cn2)CCCC1. The van der Waals surface area contributed by atoms with Gasteiger partial charge in [0, 0.05) is 6.54 Å². The fourth-order valence-electron chi connectivity index (χ4n) is 3.42. The third-order valence-electron chi connectivity index (χ3n) is 4.29. The van der Waals surface area contributed by atoms with Crippen molar-refractivity contribution in [3.8, 4) is 0 Å². The summed E-state index contributed by atoms with van der Waals surface area (Å²) in [6.07, 6.45) is 7.73. The molecule has 21 heavy (non-hydrogen) atoms. The highest BCUT2D eigenvalue weighted by Gasteiger charge is 2.34. The van der Waals surface area contributed by atoms with Crippen LogP contribution in [0.25, 0.3) is 0 Å². The lowest BCUT2D eigenvalue weighted by molar-refractivity contribution is 0.0917. The third kappa shape index (κ3) is 4.17. The van der Waals surface area contributed by atoms with Gasteiger partial charge in [0.25, 0.3) is 5.91 Å². The molecule has 1 aromatic heterocycles. The van der Waals surface area contributed by atoms with Crippen molar-refractivity contribution < 1.29 is 4.79 Å². The predicted octanol–water partition coefficient (Wildman–Crippen LogP) is 2.70. The lowest BCUT2D eigenvalue weighted by Crippen LogP contribution is -2.37. The highest BCUT2D eigenvalue weighted by atomic mass is 16.1. The first-order valence-corrected chi connectivity index (χ1v) is 7.75. The van der Waals surface area contributed by atoms with Crippen molar-refractivity contribution in [2.45, 2.75) is 46.0 Å². The molecule has 5 nitrogen and oxygen atoms in total. The second-order valence-electron chi connectivity index (χ2n) is 6.56. The minimum atomic E-state index is -0.103. The highest BCUT2D eigenvalue weighted by Crippen LogP contribution is 2.42. The molecule has 1 fully saturated rings. The van der Waals surface area contributed by atoms with Crippen molar-refractivity contribution in [2.75, 3.05) is 12.0 Å². The van der Waals surface area contributed by atoms with Gasteiger partial charge in [-0.25, -0.2) is 4.98 Å². The smallest absolute Gasteiger partial charge is 0.269 e. The molecule has 5 heteroatoms. The van der Waals surface area contributed by atoms with E-state index in [0.29, 0.717) is 17.3 Å². The van der Waals surface area contributed by atoms with E-state index in [1.54, 1.807) is 18.3 Å². The Morgan fingerprint density at radius 1 is 1.38 bits per heavy atom. The van der Waals surface area contributed by atoms with Crippen LogP contribution in [0.15, 0.2) is 18.3 Å². The molecule has 0 spiro atoms. The zero-order valence-corrected chi connectivity index (χ0v) is 13.0. The third-order valence-corrected chi connectivity index (χ3v) is 4.29. The number of nitrogens with zero attached hydrogens (tertiary/aromatic N) is 1. The average molecular weight is 290 g/mol. The van der Waals surface area contributed by atoms with Gasteiger partial charge in [-0.2, -0.15) is 0 Å². The van der Waals surface area contributed by atoms with Gasteiger partial charge in [0.05, 0.1) is 11.9 Å². The maximum atomic E-state index is 12.2. The lowest BCUT2D eigenvalue weighted by Gasteiger charge is -2.31. The van der Waals surface area contributed by atoms with Crippen LogP contribution < -0.4 is 16.6 Å². The van der Waals surface area contributed by atoms with Crippen LogP contribution in [0.2, 0.25) is 0 Å². The van der Waals surface area contributed by atoms with Crippen molar-refractivity contribution >= 4 is 11.6 Å². The second-order valence-corrected chi connectivity index (χ2v) is 6.56. The summed E-state index contributed by atoms with van der Waals surface area (Å²) in [6.45, 7) is 5.26. The molecule has 1 heterocycles. The Hall–Kier alpha value is -1.62. The molecule has 1 saturated carbocycles. The van der Waals surface area contributed by atoms with Crippen LogP contribution >= 0.6 is 0 Å². The Morgan fingerprint density at radius 3 is 2.62 bits per heavy atom. The van der Waals surface area contributed by atoms with E-state index in [0.717, 1.165) is 6.54 Å². The van der Waals surface area contributed by atoms with E-state index < -0.39 is 0 Å². The Kier molecular flexibility index (Phi) is 5.17. The second kappa shape index (κ2) is 6.89. The number of rotatable bonds is 6. The summed E-state index contributed by atoms with van der Waals surface area (Å²) in [7, 11) is 0. The molecule has 1 aliphatic rings. The molecule has 0 aromatic carbocycles. The van der Waals surface area contributed by atoms with Crippen LogP contribution in [0, 0.1) is 11.3 Å². The van der Waals surface area contributed by atoms with E-state index in [1.165, 1.54) is 32.1 Å². The number of nitrogens with two attached hydrogens (primary N) is 1. The van der Waals surface area contributed by atoms with Crippen molar-refractivity contribution in [1.82, 2.24) is 10.3 Å². The highest BCUT2D eigenvalue weighted by molar-refractivity contribution is 5.92. The average Bonchev–Trinajstić information content (AvgIpc) is 2.93. The summed E-state index contributed by atoms with van der Waals surface area (Å²) >= 11 is 0. The fourth-order valence-corrected chi connectivity index (χ4v) is 3.42. The lowest BCUT2D eigenvalue weighted by atomic mass is 9.78. The van der Waals surface area contributed by atoms with Gasteiger partial charge in [0.2, 0.25) is 0 Å². The molecule has 1 amide bonds. The number of pyridine rings is 1. The molecule has 0 saturated heterocycles. The van der Waals surface area contributed by atoms with Crippen molar-refractivity contribution in [2.24, 2.45) is 17.2 Å². The van der Waals surface area contributed by atoms with Crippen LogP contribution in [0.5, 0.6) is 0 Å². The summed E-state index contributed by atoms with van der Waals surface area (Å²) in [6, 6.07) is 3.44. The zero-order chi connectivity index (χ0) is 15.3. The van der Waals surface area contributed by atoms with Crippen LogP contribution in [0.3, 0.4) is 0 Å². The van der Waals surface area contributed by atoms with E-state index in [2.05, 4.69) is 29.6 Å². The summed E-state index contributed by atoms with van der Waals surface area (Å²) in [5.74, 6) is 5.85. The standard InChI is InChI=1S/C16H26N4O/c1-12(2)9-16(7-3-4-8-16)11-19-15(21)14-6-5-13(20-17)10-18-14/h5-6,10,12,20H,3-4,7-9,11,17H2,1-2H3,(H,19,21). The van der Waals surface area contributed by atoms with Gasteiger partial charge in [0.1, 0.15) is 5.69 Å². The van der Waals surface area contributed by atoms with Gasteiger partial charge in [-0.15, -0.1) is 0 Å². The minimum Gasteiger partial charge on any atom is -0.350 e. The van der Waals surface area contributed by atoms with Gasteiger partial charge < -0.3 is 10.7 Å². The van der Waals surface area contributed by atoms with Crippen molar-refractivity contribution in [3.63, 3.8) is 0 Å². The number of nitrogen functional groups attached to an aromatic ring is 1. The first-order chi connectivity index (χ1) is 10.0. The van der Waals surface area contributed by atoms with E-state index in [9.17, 15) is 4.79 Å². The number of carbonyl (C=O) groups is 1. The molecule has 0 radical (unpaired) electrons. The molecule has 1 aliphatic carbocycles. The Balaban J connectivity index is 1.95. The van der Waals surface area contributed by atoms with Gasteiger partial charge in [-0.1, -0.05) is 26.7 Å². The number of anilines is 1. The van der Waals surface area contributed by atoms with Crippen LogP contribution in [-0.4, -0.2) is 17.4 Å². The van der Waals surface area contributed by atoms with Gasteiger partial charge in [0.15, 0.2) is 0 Å². The van der Waals surface area contributed by atoms with E-state index in [1.807, 2.05) is 0 Å². The predicted molar refractivity (Wildman–Crippen MR) is 84.7 cm³/mol. The minimum absolute atomic E-state index is 0.103. The number of nitrogens with one attached hydrogen (secondary N) is 2. The van der Waals surface area contributed by atoms with Crippen LogP contribution in [0.4, 0.5) is 5.69 Å². The molecule has 1 aromatic rings.